The van der Waals surface area contributed by atoms with Crippen LogP contribution in [-0.4, -0.2) is 43.2 Å². The number of nitrogens with zero attached hydrogens (tertiary/aromatic N) is 1. The molecule has 1 saturated carbocycles. The summed E-state index contributed by atoms with van der Waals surface area (Å²) in [6.07, 6.45) is 5.48. The summed E-state index contributed by atoms with van der Waals surface area (Å²) in [7, 11) is 0. The smallest absolute Gasteiger partial charge is 0.119 e. The van der Waals surface area contributed by atoms with E-state index in [0.29, 0.717) is 5.54 Å². The molecule has 0 atom stereocenters. The summed E-state index contributed by atoms with van der Waals surface area (Å²) in [6.45, 7) is 7.41. The van der Waals surface area contributed by atoms with Crippen LogP contribution >= 0.6 is 0 Å². The topological polar surface area (TPSA) is 24.5 Å². The molecule has 1 heterocycles. The number of piperazine rings is 1. The van der Waals surface area contributed by atoms with Crippen molar-refractivity contribution in [1.82, 2.24) is 10.2 Å². The van der Waals surface area contributed by atoms with Crippen molar-refractivity contribution in [2.75, 3.05) is 32.8 Å². The van der Waals surface area contributed by atoms with Gasteiger partial charge < -0.3 is 10.1 Å². The molecule has 0 amide bonds. The molecular formula is C17H26N2O. The SMILES string of the molecule is Cc1cccc(OCCN2CCNC3(CCCC3)C2)c1. The van der Waals surface area contributed by atoms with Crippen molar-refractivity contribution < 1.29 is 4.74 Å². The van der Waals surface area contributed by atoms with Crippen molar-refractivity contribution in [3.63, 3.8) is 0 Å². The number of hydrogen-bond donors (Lipinski definition) is 1. The van der Waals surface area contributed by atoms with Gasteiger partial charge in [-0.1, -0.05) is 25.0 Å². The average molecular weight is 274 g/mol. The average Bonchev–Trinajstić information content (AvgIpc) is 2.87. The van der Waals surface area contributed by atoms with Gasteiger partial charge in [-0.25, -0.2) is 0 Å². The zero-order valence-electron chi connectivity index (χ0n) is 12.5. The minimum Gasteiger partial charge on any atom is -0.492 e. The number of aryl methyl sites for hydroxylation is 1. The van der Waals surface area contributed by atoms with Gasteiger partial charge in [0.15, 0.2) is 0 Å². The number of ether oxygens (including phenoxy) is 1. The van der Waals surface area contributed by atoms with Gasteiger partial charge in [0, 0.05) is 31.7 Å². The van der Waals surface area contributed by atoms with Crippen molar-refractivity contribution in [3.05, 3.63) is 29.8 Å². The van der Waals surface area contributed by atoms with Crippen LogP contribution in [0.25, 0.3) is 0 Å². The lowest BCUT2D eigenvalue weighted by molar-refractivity contribution is 0.117. The third-order valence-electron chi connectivity index (χ3n) is 4.68. The van der Waals surface area contributed by atoms with Crippen molar-refractivity contribution >= 4 is 0 Å². The quantitative estimate of drug-likeness (QED) is 0.913. The Hall–Kier alpha value is -1.06. The minimum atomic E-state index is 0.418. The van der Waals surface area contributed by atoms with Gasteiger partial charge >= 0.3 is 0 Å². The molecule has 110 valence electrons. The fourth-order valence-corrected chi connectivity index (χ4v) is 3.62. The first-order valence-corrected chi connectivity index (χ1v) is 7.93. The lowest BCUT2D eigenvalue weighted by Gasteiger charge is -2.41. The molecule has 3 nitrogen and oxygen atoms in total. The lowest BCUT2D eigenvalue weighted by Crippen LogP contribution is -2.59. The monoisotopic (exact) mass is 274 g/mol. The largest absolute Gasteiger partial charge is 0.492 e. The number of nitrogens with one attached hydrogen (secondary N) is 1. The highest BCUT2D eigenvalue weighted by Gasteiger charge is 2.37. The highest BCUT2D eigenvalue weighted by Crippen LogP contribution is 2.31. The Balaban J connectivity index is 1.46. The third kappa shape index (κ3) is 3.33. The van der Waals surface area contributed by atoms with Crippen LogP contribution in [0.1, 0.15) is 31.2 Å². The molecule has 0 radical (unpaired) electrons. The molecular weight excluding hydrogens is 248 g/mol. The Labute approximate surface area is 122 Å². The second-order valence-corrected chi connectivity index (χ2v) is 6.36. The van der Waals surface area contributed by atoms with Gasteiger partial charge in [-0.05, 0) is 37.5 Å². The van der Waals surface area contributed by atoms with E-state index in [1.54, 1.807) is 0 Å². The van der Waals surface area contributed by atoms with Crippen LogP contribution in [0.3, 0.4) is 0 Å². The van der Waals surface area contributed by atoms with Crippen molar-refractivity contribution in [2.24, 2.45) is 0 Å². The zero-order chi connectivity index (χ0) is 13.8. The van der Waals surface area contributed by atoms with Crippen LogP contribution in [-0.2, 0) is 0 Å². The molecule has 3 rings (SSSR count). The van der Waals surface area contributed by atoms with Gasteiger partial charge in [0.1, 0.15) is 12.4 Å². The summed E-state index contributed by atoms with van der Waals surface area (Å²) in [5.74, 6) is 0.996. The van der Waals surface area contributed by atoms with Gasteiger partial charge in [0.2, 0.25) is 0 Å². The lowest BCUT2D eigenvalue weighted by atomic mass is 9.94. The normalized spacial score (nSPS) is 22.2. The molecule has 20 heavy (non-hydrogen) atoms. The number of hydrogen-bond acceptors (Lipinski definition) is 3. The molecule has 1 aromatic rings. The van der Waals surface area contributed by atoms with Crippen LogP contribution in [0.4, 0.5) is 0 Å². The molecule has 0 aromatic heterocycles. The molecule has 0 unspecified atom stereocenters. The van der Waals surface area contributed by atoms with Gasteiger partial charge in [-0.3, -0.25) is 4.90 Å². The van der Waals surface area contributed by atoms with Crippen molar-refractivity contribution in [2.45, 2.75) is 38.1 Å². The zero-order valence-corrected chi connectivity index (χ0v) is 12.5. The van der Waals surface area contributed by atoms with E-state index in [0.717, 1.165) is 32.0 Å². The molecule has 1 aliphatic carbocycles. The Morgan fingerprint density at radius 1 is 1.30 bits per heavy atom. The minimum absolute atomic E-state index is 0.418. The van der Waals surface area contributed by atoms with Crippen LogP contribution in [0.15, 0.2) is 24.3 Å². The van der Waals surface area contributed by atoms with Crippen molar-refractivity contribution in [3.8, 4) is 5.75 Å². The standard InChI is InChI=1S/C17H26N2O/c1-15-5-4-6-16(13-15)20-12-11-19-10-9-18-17(14-19)7-2-3-8-17/h4-6,13,18H,2-3,7-12,14H2,1H3. The predicted molar refractivity (Wildman–Crippen MR) is 82.3 cm³/mol. The van der Waals surface area contributed by atoms with E-state index < -0.39 is 0 Å². The van der Waals surface area contributed by atoms with Crippen LogP contribution < -0.4 is 10.1 Å². The van der Waals surface area contributed by atoms with Gasteiger partial charge in [-0.2, -0.15) is 0 Å². The second-order valence-electron chi connectivity index (χ2n) is 6.36. The summed E-state index contributed by atoms with van der Waals surface area (Å²) in [6, 6.07) is 8.31. The van der Waals surface area contributed by atoms with E-state index in [4.69, 9.17) is 4.74 Å². The Bertz CT molecular complexity index is 440. The summed E-state index contributed by atoms with van der Waals surface area (Å²) < 4.78 is 5.88. The third-order valence-corrected chi connectivity index (χ3v) is 4.68. The number of rotatable bonds is 4. The van der Waals surface area contributed by atoms with Crippen LogP contribution in [0.5, 0.6) is 5.75 Å². The van der Waals surface area contributed by atoms with E-state index in [9.17, 15) is 0 Å². The van der Waals surface area contributed by atoms with Gasteiger partial charge in [-0.15, -0.1) is 0 Å². The Morgan fingerprint density at radius 3 is 2.95 bits per heavy atom. The highest BCUT2D eigenvalue weighted by atomic mass is 16.5. The molecule has 2 aliphatic rings. The van der Waals surface area contributed by atoms with E-state index in [2.05, 4.69) is 35.3 Å². The molecule has 3 heteroatoms. The first-order chi connectivity index (χ1) is 9.76. The maximum Gasteiger partial charge on any atom is 0.119 e. The second kappa shape index (κ2) is 6.15. The van der Waals surface area contributed by atoms with Crippen LogP contribution in [0.2, 0.25) is 0 Å². The Kier molecular flexibility index (Phi) is 4.27. The number of benzene rings is 1. The van der Waals surface area contributed by atoms with Crippen molar-refractivity contribution in [1.29, 1.82) is 0 Å². The first-order valence-electron chi connectivity index (χ1n) is 7.93. The maximum absolute atomic E-state index is 5.88. The summed E-state index contributed by atoms with van der Waals surface area (Å²) in [5, 5.41) is 3.76. The maximum atomic E-state index is 5.88. The van der Waals surface area contributed by atoms with E-state index in [-0.39, 0.29) is 0 Å². The molecule has 1 saturated heterocycles. The van der Waals surface area contributed by atoms with E-state index >= 15 is 0 Å². The molecule has 1 spiro atoms. The molecule has 0 bridgehead atoms. The summed E-state index contributed by atoms with van der Waals surface area (Å²) in [5.41, 5.74) is 1.68. The summed E-state index contributed by atoms with van der Waals surface area (Å²) >= 11 is 0. The fourth-order valence-electron chi connectivity index (χ4n) is 3.62. The molecule has 1 aromatic carbocycles. The molecule has 1 aliphatic heterocycles. The van der Waals surface area contributed by atoms with E-state index in [1.807, 2.05) is 6.07 Å². The van der Waals surface area contributed by atoms with Gasteiger partial charge in [0.05, 0.1) is 0 Å². The Morgan fingerprint density at radius 2 is 2.15 bits per heavy atom. The predicted octanol–water partition coefficient (Wildman–Crippen LogP) is 2.59. The molecule has 1 N–H and O–H groups in total. The van der Waals surface area contributed by atoms with Crippen LogP contribution in [0, 0.1) is 6.92 Å². The first kappa shape index (κ1) is 13.9. The molecule has 2 fully saturated rings. The van der Waals surface area contributed by atoms with E-state index in [1.165, 1.54) is 37.8 Å². The highest BCUT2D eigenvalue weighted by molar-refractivity contribution is 5.27. The fraction of sp³-hybridized carbons (Fsp3) is 0.647. The van der Waals surface area contributed by atoms with Gasteiger partial charge in [0.25, 0.3) is 0 Å². The summed E-state index contributed by atoms with van der Waals surface area (Å²) in [4.78, 5) is 2.57.